The molecule has 0 heterocycles. The topological polar surface area (TPSA) is 101 Å². The van der Waals surface area contributed by atoms with Crippen molar-refractivity contribution < 1.29 is 19.8 Å². The molecule has 0 saturated carbocycles. The first kappa shape index (κ1) is 10.0. The second-order valence-corrected chi connectivity index (χ2v) is 2.84. The number of rotatable bonds is 3. The highest BCUT2D eigenvalue weighted by Gasteiger charge is 2.07. The third-order valence-electron chi connectivity index (χ3n) is 1.62. The largest absolute Gasteiger partial charge is 0.481 e. The second-order valence-electron chi connectivity index (χ2n) is 2.84. The van der Waals surface area contributed by atoms with Crippen LogP contribution in [0.15, 0.2) is 18.2 Å². The van der Waals surface area contributed by atoms with Gasteiger partial charge in [0.2, 0.25) is 0 Å². The molecule has 1 rings (SSSR count). The molecular formula is C9H9NO4. The molecule has 1 aromatic rings. The van der Waals surface area contributed by atoms with Crippen LogP contribution in [0, 0.1) is 0 Å². The van der Waals surface area contributed by atoms with Crippen LogP contribution in [0.5, 0.6) is 0 Å². The summed E-state index contributed by atoms with van der Waals surface area (Å²) in [4.78, 5) is 21.0. The maximum atomic E-state index is 10.6. The predicted octanol–water partition coefficient (Wildman–Crippen LogP) is 0.594. The van der Waals surface area contributed by atoms with Crippen LogP contribution in [0.2, 0.25) is 0 Å². The summed E-state index contributed by atoms with van der Waals surface area (Å²) >= 11 is 0. The van der Waals surface area contributed by atoms with E-state index in [2.05, 4.69) is 0 Å². The van der Waals surface area contributed by atoms with E-state index < -0.39 is 11.9 Å². The number of hydrogen-bond donors (Lipinski definition) is 3. The van der Waals surface area contributed by atoms with Crippen molar-refractivity contribution in [3.63, 3.8) is 0 Å². The smallest absolute Gasteiger partial charge is 0.335 e. The number of carboxylic acids is 2. The average molecular weight is 195 g/mol. The number of hydrogen-bond acceptors (Lipinski definition) is 3. The van der Waals surface area contributed by atoms with Crippen molar-refractivity contribution in [1.82, 2.24) is 0 Å². The lowest BCUT2D eigenvalue weighted by molar-refractivity contribution is -0.136. The summed E-state index contributed by atoms with van der Waals surface area (Å²) in [6.45, 7) is 0. The maximum Gasteiger partial charge on any atom is 0.335 e. The standard InChI is InChI=1S/C9H9NO4/c10-7-2-5(3-8(11)12)1-6(4-7)9(13)14/h1-2,4H,3,10H2,(H,11,12)(H,13,14). The van der Waals surface area contributed by atoms with Crippen molar-refractivity contribution in [2.75, 3.05) is 5.73 Å². The molecule has 5 nitrogen and oxygen atoms in total. The fraction of sp³-hybridized carbons (Fsp3) is 0.111. The lowest BCUT2D eigenvalue weighted by Crippen LogP contribution is -2.04. The van der Waals surface area contributed by atoms with Gasteiger partial charge in [0.1, 0.15) is 0 Å². The van der Waals surface area contributed by atoms with Crippen LogP contribution in [0.4, 0.5) is 5.69 Å². The lowest BCUT2D eigenvalue weighted by atomic mass is 10.1. The Morgan fingerprint density at radius 3 is 2.36 bits per heavy atom. The SMILES string of the molecule is Nc1cc(CC(=O)O)cc(C(=O)O)c1. The Morgan fingerprint density at radius 2 is 1.86 bits per heavy atom. The van der Waals surface area contributed by atoms with Gasteiger partial charge < -0.3 is 15.9 Å². The first-order valence-corrected chi connectivity index (χ1v) is 3.83. The molecule has 0 atom stereocenters. The molecule has 0 unspecified atom stereocenters. The number of aliphatic carboxylic acids is 1. The Morgan fingerprint density at radius 1 is 1.21 bits per heavy atom. The molecule has 74 valence electrons. The van der Waals surface area contributed by atoms with Crippen molar-refractivity contribution in [1.29, 1.82) is 0 Å². The van der Waals surface area contributed by atoms with E-state index >= 15 is 0 Å². The first-order valence-electron chi connectivity index (χ1n) is 3.83. The average Bonchev–Trinajstić information content (AvgIpc) is 2.01. The van der Waals surface area contributed by atoms with E-state index in [1.165, 1.54) is 18.2 Å². The molecule has 0 spiro atoms. The van der Waals surface area contributed by atoms with Crippen LogP contribution in [0.3, 0.4) is 0 Å². The molecule has 0 aliphatic rings. The lowest BCUT2D eigenvalue weighted by Gasteiger charge is -2.02. The van der Waals surface area contributed by atoms with Crippen molar-refractivity contribution in [2.24, 2.45) is 0 Å². The summed E-state index contributed by atoms with van der Waals surface area (Å²) in [5.41, 5.74) is 6.05. The van der Waals surface area contributed by atoms with Gasteiger partial charge in [-0.15, -0.1) is 0 Å². The van der Waals surface area contributed by atoms with Crippen LogP contribution >= 0.6 is 0 Å². The maximum absolute atomic E-state index is 10.6. The van der Waals surface area contributed by atoms with E-state index in [1.807, 2.05) is 0 Å². The minimum absolute atomic E-state index is 0.00116. The molecule has 0 bridgehead atoms. The van der Waals surface area contributed by atoms with Crippen LogP contribution < -0.4 is 5.73 Å². The Bertz CT molecular complexity index is 386. The molecule has 0 aliphatic heterocycles. The van der Waals surface area contributed by atoms with Gasteiger partial charge in [-0.2, -0.15) is 0 Å². The van der Waals surface area contributed by atoms with Gasteiger partial charge >= 0.3 is 11.9 Å². The molecule has 1 aromatic carbocycles. The third kappa shape index (κ3) is 2.48. The third-order valence-corrected chi connectivity index (χ3v) is 1.62. The van der Waals surface area contributed by atoms with E-state index in [0.29, 0.717) is 5.56 Å². The first-order chi connectivity index (χ1) is 6.49. The number of carbonyl (C=O) groups is 2. The monoisotopic (exact) mass is 195 g/mol. The normalized spacial score (nSPS) is 9.71. The number of nitrogens with two attached hydrogens (primary N) is 1. The predicted molar refractivity (Wildman–Crippen MR) is 49.2 cm³/mol. The van der Waals surface area contributed by atoms with Crippen molar-refractivity contribution >= 4 is 17.6 Å². The molecule has 14 heavy (non-hydrogen) atoms. The van der Waals surface area contributed by atoms with Gasteiger partial charge in [-0.3, -0.25) is 4.79 Å². The summed E-state index contributed by atoms with van der Waals surface area (Å²) in [5, 5.41) is 17.2. The molecule has 0 aromatic heterocycles. The van der Waals surface area contributed by atoms with E-state index in [4.69, 9.17) is 15.9 Å². The summed E-state index contributed by atoms with van der Waals surface area (Å²) in [5.74, 6) is -2.14. The van der Waals surface area contributed by atoms with E-state index in [1.54, 1.807) is 0 Å². The van der Waals surface area contributed by atoms with E-state index in [9.17, 15) is 9.59 Å². The Balaban J connectivity index is 3.07. The summed E-state index contributed by atoms with van der Waals surface area (Å²) < 4.78 is 0. The minimum atomic E-state index is -1.12. The van der Waals surface area contributed by atoms with E-state index in [-0.39, 0.29) is 17.7 Å². The molecule has 0 fully saturated rings. The molecule has 0 aliphatic carbocycles. The van der Waals surface area contributed by atoms with Gasteiger partial charge in [0.05, 0.1) is 12.0 Å². The fourth-order valence-corrected chi connectivity index (χ4v) is 1.12. The fourth-order valence-electron chi connectivity index (χ4n) is 1.12. The molecule has 0 radical (unpaired) electrons. The molecule has 0 amide bonds. The highest BCUT2D eigenvalue weighted by atomic mass is 16.4. The number of nitrogen functional groups attached to an aromatic ring is 1. The highest BCUT2D eigenvalue weighted by Crippen LogP contribution is 2.12. The Hall–Kier alpha value is -2.04. The van der Waals surface area contributed by atoms with Crippen molar-refractivity contribution in [3.8, 4) is 0 Å². The number of anilines is 1. The summed E-state index contributed by atoms with van der Waals surface area (Å²) in [6, 6.07) is 4.03. The van der Waals surface area contributed by atoms with Gasteiger partial charge in [-0.05, 0) is 23.8 Å². The minimum Gasteiger partial charge on any atom is -0.481 e. The number of aromatic carboxylic acids is 1. The zero-order valence-corrected chi connectivity index (χ0v) is 7.23. The number of benzene rings is 1. The summed E-state index contributed by atoms with van der Waals surface area (Å²) in [6.07, 6.45) is -0.231. The van der Waals surface area contributed by atoms with Gasteiger partial charge in [-0.1, -0.05) is 0 Å². The number of carboxylic acid groups (broad SMARTS) is 2. The zero-order valence-electron chi connectivity index (χ0n) is 7.23. The Kier molecular flexibility index (Phi) is 2.71. The van der Waals surface area contributed by atoms with Crippen molar-refractivity contribution in [3.05, 3.63) is 29.3 Å². The van der Waals surface area contributed by atoms with Crippen LogP contribution in [-0.2, 0) is 11.2 Å². The van der Waals surface area contributed by atoms with Crippen LogP contribution in [0.1, 0.15) is 15.9 Å². The highest BCUT2D eigenvalue weighted by molar-refractivity contribution is 5.89. The van der Waals surface area contributed by atoms with Crippen molar-refractivity contribution in [2.45, 2.75) is 6.42 Å². The quantitative estimate of drug-likeness (QED) is 0.613. The van der Waals surface area contributed by atoms with Gasteiger partial charge in [0.15, 0.2) is 0 Å². The Labute approximate surface area is 79.8 Å². The van der Waals surface area contributed by atoms with E-state index in [0.717, 1.165) is 0 Å². The van der Waals surface area contributed by atoms with Gasteiger partial charge in [-0.25, -0.2) is 4.79 Å². The van der Waals surface area contributed by atoms with Gasteiger partial charge in [0, 0.05) is 5.69 Å². The van der Waals surface area contributed by atoms with Crippen LogP contribution in [0.25, 0.3) is 0 Å². The zero-order chi connectivity index (χ0) is 10.7. The second kappa shape index (κ2) is 3.78. The molecular weight excluding hydrogens is 186 g/mol. The molecule has 4 N–H and O–H groups in total. The molecule has 0 saturated heterocycles. The molecule has 5 heteroatoms. The summed E-state index contributed by atoms with van der Waals surface area (Å²) in [7, 11) is 0. The van der Waals surface area contributed by atoms with Crippen LogP contribution in [-0.4, -0.2) is 22.2 Å². The van der Waals surface area contributed by atoms with Gasteiger partial charge in [0.25, 0.3) is 0 Å².